The summed E-state index contributed by atoms with van der Waals surface area (Å²) in [5.74, 6) is -3.10. The molecule has 1 aliphatic heterocycles. The lowest BCUT2D eigenvalue weighted by Crippen LogP contribution is -2.61. The Hall–Kier alpha value is -2.80. The average Bonchev–Trinajstić information content (AvgIpc) is 3.37. The van der Waals surface area contributed by atoms with Crippen molar-refractivity contribution in [2.24, 2.45) is 0 Å². The van der Waals surface area contributed by atoms with Gasteiger partial charge in [-0.2, -0.15) is 0 Å². The summed E-state index contributed by atoms with van der Waals surface area (Å²) in [4.78, 5) is 51.0. The molecule has 0 saturated carbocycles. The number of esters is 3. The van der Waals surface area contributed by atoms with Crippen molar-refractivity contribution in [2.75, 3.05) is 13.2 Å². The zero-order chi connectivity index (χ0) is 53.3. The molecular weight excluding hydrogens is 925 g/mol. The van der Waals surface area contributed by atoms with Crippen LogP contribution in [0.15, 0.2) is 24.3 Å². The molecule has 1 heterocycles. The lowest BCUT2D eigenvalue weighted by molar-refractivity contribution is -0.301. The number of rotatable bonds is 52. The molecule has 0 radical (unpaired) electrons. The highest BCUT2D eigenvalue weighted by Gasteiger charge is 2.50. The molecule has 1 rings (SSSR count). The van der Waals surface area contributed by atoms with Gasteiger partial charge >= 0.3 is 23.9 Å². The maximum absolute atomic E-state index is 13.1. The van der Waals surface area contributed by atoms with Crippen molar-refractivity contribution in [3.05, 3.63) is 24.3 Å². The topological polar surface area (TPSA) is 175 Å². The Bertz CT molecular complexity index is 1370. The fourth-order valence-corrected chi connectivity index (χ4v) is 9.30. The molecule has 0 aliphatic carbocycles. The standard InChI is InChI=1S/C61H110O12/c1-4-7-10-13-16-19-21-23-25-27-29-31-33-36-38-41-44-47-53(62)69-50-52(71-54(63)48-45-42-39-35-18-15-12-9-6-3)51-70-61-59(57(66)56(65)58(73-61)60(67)68)72-55(64)49-46-43-40-37-34-32-30-28-26-24-22-20-17-14-11-8-5-2/h23-26,52,56-59,61,65-66H,4-22,27-51H2,1-3H3,(H,67,68)/b25-23-,26-24-. The average molecular weight is 1040 g/mol. The van der Waals surface area contributed by atoms with Crippen molar-refractivity contribution in [3.8, 4) is 0 Å². The largest absolute Gasteiger partial charge is 0.479 e. The maximum atomic E-state index is 13.1. The summed E-state index contributed by atoms with van der Waals surface area (Å²) in [6.45, 7) is 5.98. The number of hydrogen-bond donors (Lipinski definition) is 3. The molecule has 3 N–H and O–H groups in total. The Morgan fingerprint density at radius 3 is 1.16 bits per heavy atom. The molecule has 1 aliphatic rings. The zero-order valence-corrected chi connectivity index (χ0v) is 46.9. The van der Waals surface area contributed by atoms with Crippen LogP contribution in [0.3, 0.4) is 0 Å². The smallest absolute Gasteiger partial charge is 0.335 e. The predicted molar refractivity (Wildman–Crippen MR) is 294 cm³/mol. The van der Waals surface area contributed by atoms with Gasteiger partial charge in [0.1, 0.15) is 18.8 Å². The number of carboxylic acids is 1. The highest BCUT2D eigenvalue weighted by atomic mass is 16.7. The molecule has 0 spiro atoms. The summed E-state index contributed by atoms with van der Waals surface area (Å²) >= 11 is 0. The van der Waals surface area contributed by atoms with Crippen LogP contribution in [0.4, 0.5) is 0 Å². The Morgan fingerprint density at radius 2 is 0.781 bits per heavy atom. The molecule has 426 valence electrons. The lowest BCUT2D eigenvalue weighted by atomic mass is 9.98. The van der Waals surface area contributed by atoms with Gasteiger partial charge in [-0.05, 0) is 70.6 Å². The number of aliphatic hydroxyl groups is 2. The molecule has 6 unspecified atom stereocenters. The highest BCUT2D eigenvalue weighted by molar-refractivity contribution is 5.74. The normalized spacial score (nSPS) is 18.4. The third kappa shape index (κ3) is 40.2. The molecule has 6 atom stereocenters. The molecule has 73 heavy (non-hydrogen) atoms. The van der Waals surface area contributed by atoms with Gasteiger partial charge < -0.3 is 39.0 Å². The lowest BCUT2D eigenvalue weighted by Gasteiger charge is -2.40. The molecule has 1 saturated heterocycles. The van der Waals surface area contributed by atoms with Crippen molar-refractivity contribution in [1.29, 1.82) is 0 Å². The van der Waals surface area contributed by atoms with Crippen LogP contribution in [0.25, 0.3) is 0 Å². The number of aliphatic carboxylic acids is 1. The van der Waals surface area contributed by atoms with E-state index in [4.69, 9.17) is 23.7 Å². The van der Waals surface area contributed by atoms with Gasteiger partial charge in [0.05, 0.1) is 6.61 Å². The van der Waals surface area contributed by atoms with Crippen LogP contribution in [0.1, 0.15) is 290 Å². The van der Waals surface area contributed by atoms with Crippen molar-refractivity contribution in [1.82, 2.24) is 0 Å². The van der Waals surface area contributed by atoms with Crippen molar-refractivity contribution in [2.45, 2.75) is 327 Å². The zero-order valence-electron chi connectivity index (χ0n) is 46.9. The van der Waals surface area contributed by atoms with Crippen LogP contribution >= 0.6 is 0 Å². The van der Waals surface area contributed by atoms with E-state index < -0.39 is 67.3 Å². The second-order valence-electron chi connectivity index (χ2n) is 21.0. The van der Waals surface area contributed by atoms with E-state index in [1.54, 1.807) is 0 Å². The van der Waals surface area contributed by atoms with Crippen LogP contribution in [-0.2, 0) is 42.9 Å². The van der Waals surface area contributed by atoms with Crippen LogP contribution < -0.4 is 0 Å². The third-order valence-corrected chi connectivity index (χ3v) is 14.0. The molecule has 1 fully saturated rings. The van der Waals surface area contributed by atoms with Gasteiger partial charge in [-0.1, -0.05) is 225 Å². The first-order valence-electron chi connectivity index (χ1n) is 30.3. The molecule has 0 aromatic rings. The van der Waals surface area contributed by atoms with Crippen LogP contribution in [0.5, 0.6) is 0 Å². The summed E-state index contributed by atoms with van der Waals surface area (Å²) in [6, 6.07) is 0. The summed E-state index contributed by atoms with van der Waals surface area (Å²) in [5, 5.41) is 31.5. The summed E-state index contributed by atoms with van der Waals surface area (Å²) in [7, 11) is 0. The van der Waals surface area contributed by atoms with Crippen molar-refractivity contribution >= 4 is 23.9 Å². The molecule has 0 bridgehead atoms. The van der Waals surface area contributed by atoms with Gasteiger partial charge in [0.25, 0.3) is 0 Å². The first-order valence-corrected chi connectivity index (χ1v) is 30.3. The number of carbonyl (C=O) groups excluding carboxylic acids is 3. The number of allylic oxidation sites excluding steroid dienone is 4. The Kier molecular flexibility index (Phi) is 46.8. The Balaban J connectivity index is 2.62. The van der Waals surface area contributed by atoms with E-state index in [9.17, 15) is 34.5 Å². The first kappa shape index (κ1) is 68.2. The Labute approximate surface area is 445 Å². The van der Waals surface area contributed by atoms with E-state index in [-0.39, 0.29) is 25.9 Å². The van der Waals surface area contributed by atoms with Gasteiger partial charge in [-0.15, -0.1) is 0 Å². The van der Waals surface area contributed by atoms with E-state index in [1.807, 2.05) is 0 Å². The van der Waals surface area contributed by atoms with E-state index >= 15 is 0 Å². The second-order valence-corrected chi connectivity index (χ2v) is 21.0. The minimum absolute atomic E-state index is 0.0596. The van der Waals surface area contributed by atoms with Gasteiger partial charge in [0.15, 0.2) is 24.6 Å². The van der Waals surface area contributed by atoms with Gasteiger partial charge in [0.2, 0.25) is 0 Å². The summed E-state index contributed by atoms with van der Waals surface area (Å²) in [6.07, 6.45) is 44.4. The SMILES string of the molecule is CCCCCCCC/C=C\CCCCCCCCCC(=O)OCC(COC1OC(C(=O)O)C(O)C(O)C1OC(=O)CCCCCCCCC/C=C\CCCCCCCC)OC(=O)CCCCCCCCCCC. The summed E-state index contributed by atoms with van der Waals surface area (Å²) < 4.78 is 28.4. The monoisotopic (exact) mass is 1030 g/mol. The van der Waals surface area contributed by atoms with Gasteiger partial charge in [0, 0.05) is 19.3 Å². The molecule has 0 amide bonds. The molecular formula is C61H110O12. The molecule has 12 nitrogen and oxygen atoms in total. The van der Waals surface area contributed by atoms with Crippen molar-refractivity contribution in [3.63, 3.8) is 0 Å². The Morgan fingerprint density at radius 1 is 0.438 bits per heavy atom. The fraction of sp³-hybridized carbons (Fsp3) is 0.869. The van der Waals surface area contributed by atoms with Crippen LogP contribution in [0, 0.1) is 0 Å². The van der Waals surface area contributed by atoms with Crippen LogP contribution in [-0.4, -0.2) is 89.2 Å². The van der Waals surface area contributed by atoms with Crippen molar-refractivity contribution < 1.29 is 58.2 Å². The molecule has 0 aromatic heterocycles. The number of aliphatic hydroxyl groups excluding tert-OH is 2. The molecule has 12 heteroatoms. The third-order valence-electron chi connectivity index (χ3n) is 14.0. The minimum Gasteiger partial charge on any atom is -0.479 e. The number of ether oxygens (including phenoxy) is 5. The predicted octanol–water partition coefficient (Wildman–Crippen LogP) is 15.5. The summed E-state index contributed by atoms with van der Waals surface area (Å²) in [5.41, 5.74) is 0. The first-order chi connectivity index (χ1) is 35.6. The number of carboxylic acid groups (broad SMARTS) is 1. The van der Waals surface area contributed by atoms with E-state index in [0.717, 1.165) is 77.0 Å². The van der Waals surface area contributed by atoms with Gasteiger partial charge in [-0.3, -0.25) is 14.4 Å². The fourth-order valence-electron chi connectivity index (χ4n) is 9.30. The number of hydrogen-bond acceptors (Lipinski definition) is 11. The maximum Gasteiger partial charge on any atom is 0.335 e. The van der Waals surface area contributed by atoms with Gasteiger partial charge in [-0.25, -0.2) is 4.79 Å². The highest BCUT2D eigenvalue weighted by Crippen LogP contribution is 2.27. The number of carbonyl (C=O) groups is 4. The van der Waals surface area contributed by atoms with Crippen LogP contribution in [0.2, 0.25) is 0 Å². The number of unbranched alkanes of at least 4 members (excludes halogenated alkanes) is 34. The van der Waals surface area contributed by atoms with E-state index in [2.05, 4.69) is 45.1 Å². The minimum atomic E-state index is -1.90. The molecule has 0 aromatic carbocycles. The van der Waals surface area contributed by atoms with E-state index in [1.165, 1.54) is 154 Å². The quantitative estimate of drug-likeness (QED) is 0.0228. The second kappa shape index (κ2) is 50.0. The van der Waals surface area contributed by atoms with E-state index in [0.29, 0.717) is 19.3 Å².